The summed E-state index contributed by atoms with van der Waals surface area (Å²) in [5, 5.41) is 17.9. The van der Waals surface area contributed by atoms with Crippen LogP contribution in [-0.2, 0) is 19.2 Å². The molecule has 2 N–H and O–H groups in total. The van der Waals surface area contributed by atoms with Crippen LogP contribution in [0.3, 0.4) is 0 Å². The minimum Gasteiger partial charge on any atom is -0.384 e. The summed E-state index contributed by atoms with van der Waals surface area (Å²) in [5.74, 6) is 0. The molecule has 0 aliphatic carbocycles. The highest BCUT2D eigenvalue weighted by Gasteiger charge is 2.24. The topological polar surface area (TPSA) is 50.1 Å². The molecule has 1 aromatic carbocycles. The number of aromatic nitrogens is 2. The maximum atomic E-state index is 10.5. The fourth-order valence-electron chi connectivity index (χ4n) is 2.29. The molecule has 2 aromatic rings. The summed E-state index contributed by atoms with van der Waals surface area (Å²) in [4.78, 5) is 0. The van der Waals surface area contributed by atoms with Crippen molar-refractivity contribution in [2.24, 2.45) is 7.05 Å². The molecule has 0 saturated heterocycles. The van der Waals surface area contributed by atoms with Crippen LogP contribution < -0.4 is 5.32 Å². The van der Waals surface area contributed by atoms with Crippen LogP contribution in [0.4, 0.5) is 0 Å². The summed E-state index contributed by atoms with van der Waals surface area (Å²) in [7, 11) is 1.85. The molecule has 108 valence electrons. The fourth-order valence-corrected chi connectivity index (χ4v) is 2.29. The molecule has 2 rings (SSSR count). The predicted molar refractivity (Wildman–Crippen MR) is 80.4 cm³/mol. The van der Waals surface area contributed by atoms with Gasteiger partial charge in [-0.1, -0.05) is 23.8 Å². The van der Waals surface area contributed by atoms with E-state index in [0.717, 1.165) is 12.1 Å². The Morgan fingerprint density at radius 1 is 1.35 bits per heavy atom. The summed E-state index contributed by atoms with van der Waals surface area (Å²) in [6, 6.07) is 6.43. The van der Waals surface area contributed by atoms with Gasteiger partial charge in [-0.3, -0.25) is 4.68 Å². The van der Waals surface area contributed by atoms with Crippen LogP contribution in [0, 0.1) is 13.8 Å². The van der Waals surface area contributed by atoms with Crippen molar-refractivity contribution in [3.8, 4) is 0 Å². The van der Waals surface area contributed by atoms with Crippen molar-refractivity contribution < 1.29 is 5.11 Å². The van der Waals surface area contributed by atoms with Gasteiger partial charge in [-0.2, -0.15) is 5.10 Å². The second kappa shape index (κ2) is 5.77. The molecule has 1 atom stereocenters. The van der Waals surface area contributed by atoms with E-state index in [4.69, 9.17) is 0 Å². The number of nitrogens with one attached hydrogen (secondary N) is 1. The van der Waals surface area contributed by atoms with Gasteiger partial charge in [0.2, 0.25) is 0 Å². The van der Waals surface area contributed by atoms with E-state index in [1.807, 2.05) is 13.2 Å². The Bertz CT molecular complexity index is 587. The SMILES string of the molecule is Cc1ccc(CNCC(C)(O)c2cnn(C)c2)c(C)c1. The van der Waals surface area contributed by atoms with Crippen LogP contribution in [0.1, 0.15) is 29.2 Å². The van der Waals surface area contributed by atoms with E-state index >= 15 is 0 Å². The first-order valence-corrected chi connectivity index (χ1v) is 6.87. The minimum absolute atomic E-state index is 0.492. The molecule has 4 heteroatoms. The fraction of sp³-hybridized carbons (Fsp3) is 0.438. The lowest BCUT2D eigenvalue weighted by Gasteiger charge is -2.22. The highest BCUT2D eigenvalue weighted by atomic mass is 16.3. The van der Waals surface area contributed by atoms with Gasteiger partial charge in [0.15, 0.2) is 0 Å². The number of aliphatic hydroxyl groups is 1. The molecule has 1 heterocycles. The molecule has 4 nitrogen and oxygen atoms in total. The highest BCUT2D eigenvalue weighted by molar-refractivity contribution is 5.30. The summed E-state index contributed by atoms with van der Waals surface area (Å²) in [5.41, 5.74) is 3.73. The average Bonchev–Trinajstić information content (AvgIpc) is 2.79. The average molecular weight is 273 g/mol. The van der Waals surface area contributed by atoms with E-state index in [9.17, 15) is 5.11 Å². The number of benzene rings is 1. The van der Waals surface area contributed by atoms with E-state index < -0.39 is 5.60 Å². The third-order valence-corrected chi connectivity index (χ3v) is 3.61. The predicted octanol–water partition coefficient (Wildman–Crippen LogP) is 2.03. The van der Waals surface area contributed by atoms with Crippen molar-refractivity contribution in [2.75, 3.05) is 6.54 Å². The molecule has 0 radical (unpaired) electrons. The Hall–Kier alpha value is -1.65. The molecule has 0 aliphatic heterocycles. The van der Waals surface area contributed by atoms with Crippen LogP contribution in [0.25, 0.3) is 0 Å². The van der Waals surface area contributed by atoms with Gasteiger partial charge in [0, 0.05) is 31.9 Å². The van der Waals surface area contributed by atoms with Gasteiger partial charge in [-0.15, -0.1) is 0 Å². The molecule has 1 unspecified atom stereocenters. The van der Waals surface area contributed by atoms with E-state index in [1.54, 1.807) is 17.8 Å². The monoisotopic (exact) mass is 273 g/mol. The zero-order valence-electron chi connectivity index (χ0n) is 12.6. The van der Waals surface area contributed by atoms with Crippen molar-refractivity contribution >= 4 is 0 Å². The quantitative estimate of drug-likeness (QED) is 0.876. The number of hydrogen-bond donors (Lipinski definition) is 2. The van der Waals surface area contributed by atoms with Crippen LogP contribution in [0.5, 0.6) is 0 Å². The van der Waals surface area contributed by atoms with Gasteiger partial charge in [-0.05, 0) is 31.9 Å². The maximum absolute atomic E-state index is 10.5. The molecule has 0 aliphatic rings. The molecule has 0 bridgehead atoms. The van der Waals surface area contributed by atoms with E-state index in [1.165, 1.54) is 16.7 Å². The van der Waals surface area contributed by atoms with Crippen LogP contribution in [-0.4, -0.2) is 21.4 Å². The van der Waals surface area contributed by atoms with Gasteiger partial charge >= 0.3 is 0 Å². The number of aryl methyl sites for hydroxylation is 3. The Morgan fingerprint density at radius 2 is 2.10 bits per heavy atom. The lowest BCUT2D eigenvalue weighted by molar-refractivity contribution is 0.0566. The van der Waals surface area contributed by atoms with E-state index in [2.05, 4.69) is 42.5 Å². The van der Waals surface area contributed by atoms with Gasteiger partial charge < -0.3 is 10.4 Å². The maximum Gasteiger partial charge on any atom is 0.102 e. The zero-order chi connectivity index (χ0) is 14.8. The lowest BCUT2D eigenvalue weighted by atomic mass is 9.99. The molecule has 0 amide bonds. The first-order valence-electron chi connectivity index (χ1n) is 6.87. The van der Waals surface area contributed by atoms with Gasteiger partial charge in [0.05, 0.1) is 6.20 Å². The third kappa shape index (κ3) is 3.46. The first-order chi connectivity index (χ1) is 9.38. The lowest BCUT2D eigenvalue weighted by Crippen LogP contribution is -2.35. The Labute approximate surface area is 120 Å². The van der Waals surface area contributed by atoms with Crippen molar-refractivity contribution in [3.05, 3.63) is 52.8 Å². The van der Waals surface area contributed by atoms with Crippen molar-refractivity contribution in [2.45, 2.75) is 32.9 Å². The largest absolute Gasteiger partial charge is 0.384 e. The Balaban J connectivity index is 1.95. The number of rotatable bonds is 5. The number of nitrogens with zero attached hydrogens (tertiary/aromatic N) is 2. The standard InChI is InChI=1S/C16H23N3O/c1-12-5-6-14(13(2)7-12)8-17-11-16(3,20)15-9-18-19(4)10-15/h5-7,9-10,17,20H,8,11H2,1-4H3. The highest BCUT2D eigenvalue weighted by Crippen LogP contribution is 2.19. The van der Waals surface area contributed by atoms with Gasteiger partial charge in [0.1, 0.15) is 5.60 Å². The molecule has 0 saturated carbocycles. The Kier molecular flexibility index (Phi) is 4.26. The molecular weight excluding hydrogens is 250 g/mol. The minimum atomic E-state index is -0.910. The third-order valence-electron chi connectivity index (χ3n) is 3.61. The summed E-state index contributed by atoms with van der Waals surface area (Å²) in [6.07, 6.45) is 3.55. The first kappa shape index (κ1) is 14.8. The van der Waals surface area contributed by atoms with Crippen molar-refractivity contribution in [1.82, 2.24) is 15.1 Å². The van der Waals surface area contributed by atoms with Gasteiger partial charge in [0.25, 0.3) is 0 Å². The molecule has 0 spiro atoms. The summed E-state index contributed by atoms with van der Waals surface area (Å²) in [6.45, 7) is 7.26. The van der Waals surface area contributed by atoms with Crippen LogP contribution >= 0.6 is 0 Å². The molecular formula is C16H23N3O. The normalized spacial score (nSPS) is 14.2. The van der Waals surface area contributed by atoms with E-state index in [0.29, 0.717) is 6.54 Å². The number of hydrogen-bond acceptors (Lipinski definition) is 3. The molecule has 1 aromatic heterocycles. The van der Waals surface area contributed by atoms with Gasteiger partial charge in [-0.25, -0.2) is 0 Å². The second-order valence-corrected chi connectivity index (χ2v) is 5.71. The summed E-state index contributed by atoms with van der Waals surface area (Å²) >= 11 is 0. The van der Waals surface area contributed by atoms with Crippen LogP contribution in [0.2, 0.25) is 0 Å². The smallest absolute Gasteiger partial charge is 0.102 e. The van der Waals surface area contributed by atoms with E-state index in [-0.39, 0.29) is 0 Å². The van der Waals surface area contributed by atoms with Crippen LogP contribution in [0.15, 0.2) is 30.6 Å². The summed E-state index contributed by atoms with van der Waals surface area (Å²) < 4.78 is 1.70. The second-order valence-electron chi connectivity index (χ2n) is 5.71. The Morgan fingerprint density at radius 3 is 2.70 bits per heavy atom. The molecule has 20 heavy (non-hydrogen) atoms. The zero-order valence-corrected chi connectivity index (χ0v) is 12.6. The van der Waals surface area contributed by atoms with Crippen molar-refractivity contribution in [3.63, 3.8) is 0 Å². The molecule has 0 fully saturated rings. The van der Waals surface area contributed by atoms with Crippen molar-refractivity contribution in [1.29, 1.82) is 0 Å².